The number of carbonyl (C=O) groups excluding carboxylic acids is 2. The normalized spacial score (nSPS) is 12.7. The molecule has 1 amide bonds. The Morgan fingerprint density at radius 3 is 0.987 bits per heavy atom. The number of ether oxygens (including phenoxy) is 1. The number of unbranched alkanes of at least 4 members (excludes halogenated alkanes) is 50. The molecule has 0 aliphatic rings. The van der Waals surface area contributed by atoms with Gasteiger partial charge in [0.15, 0.2) is 0 Å². The van der Waals surface area contributed by atoms with E-state index in [4.69, 9.17) is 4.74 Å². The van der Waals surface area contributed by atoms with Crippen LogP contribution in [0.1, 0.15) is 380 Å². The third kappa shape index (κ3) is 63.1. The Hall–Kier alpha value is -1.92. The lowest BCUT2D eigenvalue weighted by Gasteiger charge is -2.20. The zero-order chi connectivity index (χ0) is 55.7. The molecule has 6 heteroatoms. The monoisotopic (exact) mass is 1080 g/mol. The van der Waals surface area contributed by atoms with Gasteiger partial charge in [-0.15, -0.1) is 0 Å². The van der Waals surface area contributed by atoms with Crippen LogP contribution in [0.15, 0.2) is 36.5 Å². The molecule has 0 saturated carbocycles. The fourth-order valence-electron chi connectivity index (χ4n) is 10.8. The highest BCUT2D eigenvalue weighted by atomic mass is 16.5. The van der Waals surface area contributed by atoms with Crippen molar-refractivity contribution in [2.24, 2.45) is 0 Å². The molecular formula is C71H135NO5. The van der Waals surface area contributed by atoms with Crippen molar-refractivity contribution in [2.75, 3.05) is 13.2 Å². The van der Waals surface area contributed by atoms with E-state index >= 15 is 0 Å². The number of esters is 1. The fraction of sp³-hybridized carbons (Fsp3) is 0.887. The van der Waals surface area contributed by atoms with E-state index in [-0.39, 0.29) is 18.5 Å². The van der Waals surface area contributed by atoms with Crippen LogP contribution >= 0.6 is 0 Å². The number of hydrogen-bond donors (Lipinski definition) is 3. The molecule has 0 fully saturated rings. The van der Waals surface area contributed by atoms with Crippen molar-refractivity contribution in [3.63, 3.8) is 0 Å². The number of aliphatic hydroxyl groups is 2. The number of aliphatic hydroxyl groups excluding tert-OH is 2. The minimum absolute atomic E-state index is 0.0138. The van der Waals surface area contributed by atoms with E-state index in [9.17, 15) is 19.8 Å². The lowest BCUT2D eigenvalue weighted by Crippen LogP contribution is -2.45. The molecule has 454 valence electrons. The Kier molecular flexibility index (Phi) is 64.9. The summed E-state index contributed by atoms with van der Waals surface area (Å²) in [4.78, 5) is 24.5. The van der Waals surface area contributed by atoms with E-state index in [1.54, 1.807) is 6.08 Å². The first-order chi connectivity index (χ1) is 38.0. The van der Waals surface area contributed by atoms with E-state index in [1.807, 2.05) is 6.08 Å². The predicted molar refractivity (Wildman–Crippen MR) is 338 cm³/mol. The highest BCUT2D eigenvalue weighted by Crippen LogP contribution is 2.18. The first-order valence-electron chi connectivity index (χ1n) is 34.8. The van der Waals surface area contributed by atoms with E-state index in [0.717, 1.165) is 44.9 Å². The van der Waals surface area contributed by atoms with Gasteiger partial charge in [-0.25, -0.2) is 0 Å². The summed E-state index contributed by atoms with van der Waals surface area (Å²) in [5, 5.41) is 23.2. The SMILES string of the molecule is CCCCCCCCCCCCCCCCC/C=C/C(O)C(CO)NC(=O)CCCCCCCCCCCCCCCCC/C=C\C/C=C\CCCCCCCCCCCOC(=O)CCCCCCCCCCCCCC. The molecule has 0 aromatic heterocycles. The zero-order valence-electron chi connectivity index (χ0n) is 52.0. The van der Waals surface area contributed by atoms with Crippen LogP contribution in [0.3, 0.4) is 0 Å². The van der Waals surface area contributed by atoms with Gasteiger partial charge in [-0.1, -0.05) is 339 Å². The van der Waals surface area contributed by atoms with Crippen LogP contribution in [-0.4, -0.2) is 47.4 Å². The second-order valence-electron chi connectivity index (χ2n) is 23.9. The number of allylic oxidation sites excluding steroid dienone is 5. The van der Waals surface area contributed by atoms with Crippen molar-refractivity contribution in [3.05, 3.63) is 36.5 Å². The van der Waals surface area contributed by atoms with Crippen molar-refractivity contribution in [3.8, 4) is 0 Å². The van der Waals surface area contributed by atoms with E-state index in [2.05, 4.69) is 43.5 Å². The van der Waals surface area contributed by atoms with Gasteiger partial charge in [0, 0.05) is 12.8 Å². The summed E-state index contributed by atoms with van der Waals surface area (Å²) in [6, 6.07) is -0.628. The van der Waals surface area contributed by atoms with Crippen molar-refractivity contribution in [1.82, 2.24) is 5.32 Å². The van der Waals surface area contributed by atoms with Crippen LogP contribution in [0.2, 0.25) is 0 Å². The molecule has 0 aliphatic heterocycles. The summed E-state index contributed by atoms with van der Waals surface area (Å²) in [7, 11) is 0. The molecule has 0 radical (unpaired) electrons. The predicted octanol–water partition coefficient (Wildman–Crippen LogP) is 22.3. The molecule has 77 heavy (non-hydrogen) atoms. The van der Waals surface area contributed by atoms with Gasteiger partial charge in [-0.3, -0.25) is 9.59 Å². The molecule has 0 spiro atoms. The van der Waals surface area contributed by atoms with Crippen LogP contribution in [-0.2, 0) is 14.3 Å². The van der Waals surface area contributed by atoms with Gasteiger partial charge in [0.1, 0.15) is 0 Å². The third-order valence-electron chi connectivity index (χ3n) is 16.2. The zero-order valence-corrected chi connectivity index (χ0v) is 52.0. The fourth-order valence-corrected chi connectivity index (χ4v) is 10.8. The Bertz CT molecular complexity index is 1250. The van der Waals surface area contributed by atoms with Gasteiger partial charge in [0.2, 0.25) is 5.91 Å². The Labute approximate surface area is 481 Å². The van der Waals surface area contributed by atoms with Gasteiger partial charge in [-0.05, 0) is 64.2 Å². The van der Waals surface area contributed by atoms with Crippen molar-refractivity contribution >= 4 is 11.9 Å². The van der Waals surface area contributed by atoms with Gasteiger partial charge >= 0.3 is 5.97 Å². The van der Waals surface area contributed by atoms with E-state index < -0.39 is 12.1 Å². The molecular weight excluding hydrogens is 947 g/mol. The minimum atomic E-state index is -0.844. The summed E-state index contributed by atoms with van der Waals surface area (Å²) in [6.45, 7) is 4.93. The maximum absolute atomic E-state index is 12.5. The average molecular weight is 1080 g/mol. The van der Waals surface area contributed by atoms with Crippen LogP contribution in [0.25, 0.3) is 0 Å². The first kappa shape index (κ1) is 75.1. The average Bonchev–Trinajstić information content (AvgIpc) is 3.43. The largest absolute Gasteiger partial charge is 0.466 e. The van der Waals surface area contributed by atoms with Crippen LogP contribution in [0.4, 0.5) is 0 Å². The number of nitrogens with one attached hydrogen (secondary N) is 1. The molecule has 6 nitrogen and oxygen atoms in total. The highest BCUT2D eigenvalue weighted by molar-refractivity contribution is 5.76. The Balaban J connectivity index is 3.41. The number of hydrogen-bond acceptors (Lipinski definition) is 5. The summed E-state index contributed by atoms with van der Waals surface area (Å²) in [5.41, 5.74) is 0. The number of carbonyl (C=O) groups is 2. The molecule has 2 unspecified atom stereocenters. The van der Waals surface area contributed by atoms with Gasteiger partial charge in [0.25, 0.3) is 0 Å². The lowest BCUT2D eigenvalue weighted by molar-refractivity contribution is -0.143. The summed E-state index contributed by atoms with van der Waals surface area (Å²) >= 11 is 0. The summed E-state index contributed by atoms with van der Waals surface area (Å²) in [6.07, 6.45) is 85.1. The summed E-state index contributed by atoms with van der Waals surface area (Å²) in [5.74, 6) is -0.0509. The molecule has 0 heterocycles. The lowest BCUT2D eigenvalue weighted by atomic mass is 10.0. The van der Waals surface area contributed by atoms with E-state index in [0.29, 0.717) is 19.4 Å². The third-order valence-corrected chi connectivity index (χ3v) is 16.2. The number of amides is 1. The van der Waals surface area contributed by atoms with Gasteiger partial charge < -0.3 is 20.3 Å². The van der Waals surface area contributed by atoms with Crippen LogP contribution in [0.5, 0.6) is 0 Å². The van der Waals surface area contributed by atoms with Crippen LogP contribution < -0.4 is 5.32 Å². The van der Waals surface area contributed by atoms with E-state index in [1.165, 1.54) is 308 Å². The second-order valence-corrected chi connectivity index (χ2v) is 23.9. The molecule has 0 rings (SSSR count). The standard InChI is InChI=1S/C71H135NO5/c1-3-5-7-9-11-13-15-17-18-34-37-40-43-47-51-55-59-63-69(74)68(67-73)72-70(75)64-60-56-52-48-44-41-38-35-32-30-28-26-24-22-20-19-21-23-25-27-29-31-33-36-39-42-46-50-54-58-62-66-77-71(76)65-61-57-53-49-45-16-14-12-10-8-6-4-2/h21,23,27,29,59,63,68-69,73-74H,3-20,22,24-26,28,30-58,60-62,64-67H2,1-2H3,(H,72,75)/b23-21-,29-27-,63-59+. The maximum Gasteiger partial charge on any atom is 0.305 e. The highest BCUT2D eigenvalue weighted by Gasteiger charge is 2.18. The Morgan fingerprint density at radius 1 is 0.364 bits per heavy atom. The topological polar surface area (TPSA) is 95.9 Å². The van der Waals surface area contributed by atoms with Crippen molar-refractivity contribution < 1.29 is 24.5 Å². The van der Waals surface area contributed by atoms with Crippen molar-refractivity contribution in [2.45, 2.75) is 392 Å². The van der Waals surface area contributed by atoms with Crippen molar-refractivity contribution in [1.29, 1.82) is 0 Å². The minimum Gasteiger partial charge on any atom is -0.466 e. The smallest absolute Gasteiger partial charge is 0.305 e. The Morgan fingerprint density at radius 2 is 0.649 bits per heavy atom. The number of rotatable bonds is 65. The van der Waals surface area contributed by atoms with Gasteiger partial charge in [0.05, 0.1) is 25.4 Å². The molecule has 0 bridgehead atoms. The molecule has 0 aromatic rings. The molecule has 0 saturated heterocycles. The van der Waals surface area contributed by atoms with Gasteiger partial charge in [-0.2, -0.15) is 0 Å². The molecule has 3 N–H and O–H groups in total. The molecule has 2 atom stereocenters. The van der Waals surface area contributed by atoms with Crippen LogP contribution in [0, 0.1) is 0 Å². The maximum atomic E-state index is 12.5. The quantitative estimate of drug-likeness (QED) is 0.0320. The molecule has 0 aromatic carbocycles. The second kappa shape index (κ2) is 66.6. The molecule has 0 aliphatic carbocycles. The summed E-state index contributed by atoms with van der Waals surface area (Å²) < 4.78 is 5.48. The first-order valence-corrected chi connectivity index (χ1v) is 34.8.